The standard InChI is InChI=1S/C26H27N3O4S/c1-16-6-11-22-19(13-23(30)33-24(22)17(16)2)15-34-26-28-27-25(18-7-9-20(31-3)10-8-18)29(26)14-21-5-4-12-32-21/h6-11,13,21H,4-5,12,14-15H2,1-3H3/t21-/m1/s1. The molecule has 0 amide bonds. The van der Waals surface area contributed by atoms with Crippen molar-refractivity contribution in [3.63, 3.8) is 0 Å². The SMILES string of the molecule is COc1ccc(-c2nnc(SCc3cc(=O)oc4c(C)c(C)ccc34)n2C[C@H]2CCCO2)cc1. The maximum atomic E-state index is 12.3. The van der Waals surface area contributed by atoms with Gasteiger partial charge in [0.2, 0.25) is 0 Å². The zero-order chi connectivity index (χ0) is 23.7. The van der Waals surface area contributed by atoms with Gasteiger partial charge in [0.1, 0.15) is 11.3 Å². The third-order valence-corrected chi connectivity index (χ3v) is 7.37. The van der Waals surface area contributed by atoms with Gasteiger partial charge in [0.25, 0.3) is 0 Å². The minimum absolute atomic E-state index is 0.141. The van der Waals surface area contributed by atoms with Crippen molar-refractivity contribution in [1.29, 1.82) is 0 Å². The molecule has 8 heteroatoms. The zero-order valence-electron chi connectivity index (χ0n) is 19.5. The van der Waals surface area contributed by atoms with E-state index in [1.54, 1.807) is 24.9 Å². The summed E-state index contributed by atoms with van der Waals surface area (Å²) in [6.45, 7) is 5.48. The number of aryl methyl sites for hydroxylation is 2. The zero-order valence-corrected chi connectivity index (χ0v) is 20.4. The third kappa shape index (κ3) is 4.48. The summed E-state index contributed by atoms with van der Waals surface area (Å²) in [4.78, 5) is 12.3. The van der Waals surface area contributed by atoms with Gasteiger partial charge in [-0.25, -0.2) is 4.79 Å². The fraction of sp³-hybridized carbons (Fsp3) is 0.346. The second-order valence-electron chi connectivity index (χ2n) is 8.54. The topological polar surface area (TPSA) is 79.4 Å². The van der Waals surface area contributed by atoms with Crippen LogP contribution in [0.1, 0.15) is 29.5 Å². The minimum atomic E-state index is -0.337. The van der Waals surface area contributed by atoms with Crippen LogP contribution in [0.4, 0.5) is 0 Å². The fourth-order valence-electron chi connectivity index (χ4n) is 4.29. The van der Waals surface area contributed by atoms with Gasteiger partial charge in [-0.1, -0.05) is 23.9 Å². The molecule has 0 N–H and O–H groups in total. The lowest BCUT2D eigenvalue weighted by atomic mass is 10.0. The van der Waals surface area contributed by atoms with Crippen LogP contribution >= 0.6 is 11.8 Å². The Morgan fingerprint density at radius 2 is 1.97 bits per heavy atom. The number of methoxy groups -OCH3 is 1. The average molecular weight is 478 g/mol. The maximum Gasteiger partial charge on any atom is 0.336 e. The van der Waals surface area contributed by atoms with E-state index in [9.17, 15) is 4.79 Å². The van der Waals surface area contributed by atoms with Crippen molar-refractivity contribution in [2.45, 2.75) is 50.2 Å². The van der Waals surface area contributed by atoms with Gasteiger partial charge in [0.15, 0.2) is 11.0 Å². The molecule has 4 aromatic rings. The Morgan fingerprint density at radius 1 is 1.15 bits per heavy atom. The Balaban J connectivity index is 1.48. The summed E-state index contributed by atoms with van der Waals surface area (Å²) >= 11 is 1.57. The van der Waals surface area contributed by atoms with E-state index in [4.69, 9.17) is 13.9 Å². The van der Waals surface area contributed by atoms with Gasteiger partial charge in [0, 0.05) is 29.4 Å². The Morgan fingerprint density at radius 3 is 2.71 bits per heavy atom. The molecule has 7 nitrogen and oxygen atoms in total. The molecule has 34 heavy (non-hydrogen) atoms. The van der Waals surface area contributed by atoms with E-state index < -0.39 is 0 Å². The Bertz CT molecular complexity index is 1370. The Hall–Kier alpha value is -3.10. The summed E-state index contributed by atoms with van der Waals surface area (Å²) in [7, 11) is 1.65. The first-order valence-corrected chi connectivity index (χ1v) is 12.4. The first kappa shape index (κ1) is 22.7. The van der Waals surface area contributed by atoms with Crippen molar-refractivity contribution in [1.82, 2.24) is 14.8 Å². The number of hydrogen-bond acceptors (Lipinski definition) is 7. The highest BCUT2D eigenvalue weighted by Gasteiger charge is 2.22. The number of rotatable bonds is 7. The van der Waals surface area contributed by atoms with E-state index in [1.165, 1.54) is 0 Å². The van der Waals surface area contributed by atoms with Gasteiger partial charge in [0.05, 0.1) is 19.8 Å². The van der Waals surface area contributed by atoms with E-state index in [-0.39, 0.29) is 11.7 Å². The molecule has 0 bridgehead atoms. The van der Waals surface area contributed by atoms with Crippen molar-refractivity contribution in [2.24, 2.45) is 0 Å². The largest absolute Gasteiger partial charge is 0.497 e. The summed E-state index contributed by atoms with van der Waals surface area (Å²) in [6, 6.07) is 13.5. The normalized spacial score (nSPS) is 15.8. The summed E-state index contributed by atoms with van der Waals surface area (Å²) in [5.74, 6) is 2.17. The van der Waals surface area contributed by atoms with E-state index >= 15 is 0 Å². The molecule has 2 aromatic carbocycles. The smallest absolute Gasteiger partial charge is 0.336 e. The molecule has 5 rings (SSSR count). The molecule has 0 spiro atoms. The van der Waals surface area contributed by atoms with Gasteiger partial charge in [-0.2, -0.15) is 0 Å². The van der Waals surface area contributed by atoms with Crippen LogP contribution in [-0.2, 0) is 17.0 Å². The van der Waals surface area contributed by atoms with E-state index in [0.29, 0.717) is 17.9 Å². The first-order chi connectivity index (χ1) is 16.5. The molecule has 1 aliphatic heterocycles. The summed E-state index contributed by atoms with van der Waals surface area (Å²) < 4.78 is 18.9. The van der Waals surface area contributed by atoms with Crippen LogP contribution in [0.15, 0.2) is 56.8 Å². The Kier molecular flexibility index (Phi) is 6.43. The maximum absolute atomic E-state index is 12.3. The van der Waals surface area contributed by atoms with Crippen molar-refractivity contribution in [3.05, 3.63) is 69.6 Å². The molecule has 0 unspecified atom stereocenters. The lowest BCUT2D eigenvalue weighted by molar-refractivity contribution is 0.0953. The van der Waals surface area contributed by atoms with Crippen molar-refractivity contribution < 1.29 is 13.9 Å². The lowest BCUT2D eigenvalue weighted by Gasteiger charge is -2.15. The van der Waals surface area contributed by atoms with Gasteiger partial charge >= 0.3 is 5.63 Å². The quantitative estimate of drug-likeness (QED) is 0.269. The molecular formula is C26H27N3O4S. The monoisotopic (exact) mass is 477 g/mol. The van der Waals surface area contributed by atoms with E-state index in [0.717, 1.165) is 63.8 Å². The second-order valence-corrected chi connectivity index (χ2v) is 9.49. The molecule has 1 atom stereocenters. The first-order valence-electron chi connectivity index (χ1n) is 11.4. The minimum Gasteiger partial charge on any atom is -0.497 e. The number of benzene rings is 2. The lowest BCUT2D eigenvalue weighted by Crippen LogP contribution is -2.16. The van der Waals surface area contributed by atoms with Gasteiger partial charge < -0.3 is 13.9 Å². The molecule has 3 heterocycles. The number of ether oxygens (including phenoxy) is 2. The van der Waals surface area contributed by atoms with E-state index in [1.807, 2.05) is 44.2 Å². The molecule has 1 saturated heterocycles. The van der Waals surface area contributed by atoms with Gasteiger partial charge in [-0.3, -0.25) is 4.57 Å². The number of fused-ring (bicyclic) bond motifs is 1. The molecule has 0 radical (unpaired) electrons. The van der Waals surface area contributed by atoms with Crippen LogP contribution in [0.5, 0.6) is 5.75 Å². The highest BCUT2D eigenvalue weighted by atomic mass is 32.2. The number of hydrogen-bond donors (Lipinski definition) is 0. The van der Waals surface area contributed by atoms with E-state index in [2.05, 4.69) is 20.8 Å². The molecule has 1 fully saturated rings. The number of aromatic nitrogens is 3. The van der Waals surface area contributed by atoms with Crippen molar-refractivity contribution in [3.8, 4) is 17.1 Å². The summed E-state index contributed by atoms with van der Waals surface area (Å²) in [5, 5.41) is 10.8. The predicted octanol–water partition coefficient (Wildman–Crippen LogP) is 5.15. The van der Waals surface area contributed by atoms with Crippen molar-refractivity contribution >= 4 is 22.7 Å². The van der Waals surface area contributed by atoms with Crippen LogP contribution in [0.2, 0.25) is 0 Å². The molecular weight excluding hydrogens is 450 g/mol. The van der Waals surface area contributed by atoms with Crippen LogP contribution in [0, 0.1) is 13.8 Å². The third-order valence-electron chi connectivity index (χ3n) is 6.35. The van der Waals surface area contributed by atoms with Gasteiger partial charge in [-0.15, -0.1) is 10.2 Å². The predicted molar refractivity (Wildman–Crippen MR) is 133 cm³/mol. The average Bonchev–Trinajstić information content (AvgIpc) is 3.51. The highest BCUT2D eigenvalue weighted by Crippen LogP contribution is 2.31. The van der Waals surface area contributed by atoms with Crippen LogP contribution in [0.25, 0.3) is 22.4 Å². The molecule has 0 saturated carbocycles. The highest BCUT2D eigenvalue weighted by molar-refractivity contribution is 7.98. The molecule has 2 aromatic heterocycles. The molecule has 0 aliphatic carbocycles. The van der Waals surface area contributed by atoms with Crippen molar-refractivity contribution in [2.75, 3.05) is 13.7 Å². The Labute approximate surface area is 202 Å². The molecule has 1 aliphatic rings. The number of thioether (sulfide) groups is 1. The van der Waals surface area contributed by atoms with Crippen LogP contribution in [0.3, 0.4) is 0 Å². The molecule has 176 valence electrons. The summed E-state index contributed by atoms with van der Waals surface area (Å²) in [6.07, 6.45) is 2.23. The fourth-order valence-corrected chi connectivity index (χ4v) is 5.23. The van der Waals surface area contributed by atoms with Crippen LogP contribution < -0.4 is 10.4 Å². The van der Waals surface area contributed by atoms with Crippen LogP contribution in [-0.4, -0.2) is 34.6 Å². The van der Waals surface area contributed by atoms with Gasteiger partial charge in [-0.05, 0) is 67.6 Å². The summed E-state index contributed by atoms with van der Waals surface area (Å²) in [5.41, 5.74) is 4.30. The second kappa shape index (κ2) is 9.64. The number of nitrogens with zero attached hydrogens (tertiary/aromatic N) is 3.